The van der Waals surface area contributed by atoms with E-state index in [1.54, 1.807) is 6.33 Å². The Morgan fingerprint density at radius 2 is 1.96 bits per heavy atom. The minimum Gasteiger partial charge on any atom is -0.356 e. The minimum absolute atomic E-state index is 0.332. The van der Waals surface area contributed by atoms with Gasteiger partial charge < -0.3 is 4.90 Å². The van der Waals surface area contributed by atoms with Crippen molar-refractivity contribution < 1.29 is 8.78 Å². The Balaban J connectivity index is 1.40. The Kier molecular flexibility index (Phi) is 4.65. The molecule has 0 saturated carbocycles. The summed E-state index contributed by atoms with van der Waals surface area (Å²) >= 11 is 0. The van der Waals surface area contributed by atoms with Crippen LogP contribution in [0.1, 0.15) is 42.6 Å². The number of aromatic nitrogens is 4. The fraction of sp³-hybridized carbons (Fsp3) is 0.556. The summed E-state index contributed by atoms with van der Waals surface area (Å²) in [6.07, 6.45) is 5.27. The summed E-state index contributed by atoms with van der Waals surface area (Å²) in [4.78, 5) is 26.9. The maximum atomic E-state index is 12.6. The number of alkyl halides is 2. The first kappa shape index (κ1) is 17.1. The standard InChI is InChI=1S/C18H21F2N5O/c19-17(20)15-8-16(26)25(11-23-15)9-12-4-6-24(7-5-12)18-13-2-1-3-14(13)21-10-22-18/h8,10-12,17H,1-7,9H2. The van der Waals surface area contributed by atoms with Crippen molar-refractivity contribution in [1.82, 2.24) is 19.5 Å². The fourth-order valence-corrected chi connectivity index (χ4v) is 3.92. The lowest BCUT2D eigenvalue weighted by Crippen LogP contribution is -2.37. The number of hydrogen-bond donors (Lipinski definition) is 0. The maximum Gasteiger partial charge on any atom is 0.280 e. The van der Waals surface area contributed by atoms with Crippen molar-refractivity contribution in [1.29, 1.82) is 0 Å². The van der Waals surface area contributed by atoms with Crippen LogP contribution in [0.15, 0.2) is 23.5 Å². The summed E-state index contributed by atoms with van der Waals surface area (Å²) in [6.45, 7) is 2.28. The molecule has 1 aliphatic heterocycles. The maximum absolute atomic E-state index is 12.6. The van der Waals surface area contributed by atoms with E-state index in [0.29, 0.717) is 12.5 Å². The first-order chi connectivity index (χ1) is 12.6. The Morgan fingerprint density at radius 3 is 2.69 bits per heavy atom. The van der Waals surface area contributed by atoms with Crippen LogP contribution in [0.4, 0.5) is 14.6 Å². The minimum atomic E-state index is -2.71. The predicted molar refractivity (Wildman–Crippen MR) is 92.4 cm³/mol. The summed E-state index contributed by atoms with van der Waals surface area (Å²) in [6, 6.07) is 0.935. The first-order valence-electron chi connectivity index (χ1n) is 9.04. The lowest BCUT2D eigenvalue weighted by molar-refractivity contribution is 0.145. The van der Waals surface area contributed by atoms with Crippen LogP contribution in [-0.4, -0.2) is 32.6 Å². The van der Waals surface area contributed by atoms with Crippen LogP contribution in [0.3, 0.4) is 0 Å². The molecule has 3 heterocycles. The Morgan fingerprint density at radius 1 is 1.15 bits per heavy atom. The summed E-state index contributed by atoms with van der Waals surface area (Å²) in [5.41, 5.74) is 1.59. The van der Waals surface area contributed by atoms with Gasteiger partial charge in [-0.1, -0.05) is 0 Å². The largest absolute Gasteiger partial charge is 0.356 e. The fourth-order valence-electron chi connectivity index (χ4n) is 3.92. The smallest absolute Gasteiger partial charge is 0.280 e. The quantitative estimate of drug-likeness (QED) is 0.837. The molecule has 2 aliphatic rings. The molecule has 2 aromatic rings. The highest BCUT2D eigenvalue weighted by atomic mass is 19.3. The zero-order valence-electron chi connectivity index (χ0n) is 14.4. The van der Waals surface area contributed by atoms with Crippen molar-refractivity contribution in [3.8, 4) is 0 Å². The molecule has 0 aromatic carbocycles. The summed E-state index contributed by atoms with van der Waals surface area (Å²) in [7, 11) is 0. The normalized spacial score (nSPS) is 17.7. The molecule has 0 atom stereocenters. The van der Waals surface area contributed by atoms with Gasteiger partial charge in [0.15, 0.2) is 0 Å². The molecule has 1 saturated heterocycles. The van der Waals surface area contributed by atoms with Gasteiger partial charge in [0, 0.05) is 37.0 Å². The van der Waals surface area contributed by atoms with Crippen molar-refractivity contribution in [3.63, 3.8) is 0 Å². The van der Waals surface area contributed by atoms with Gasteiger partial charge in [-0.15, -0.1) is 0 Å². The van der Waals surface area contributed by atoms with Gasteiger partial charge in [-0.3, -0.25) is 9.36 Å². The van der Waals surface area contributed by atoms with Crippen LogP contribution in [0.2, 0.25) is 0 Å². The number of halogens is 2. The van der Waals surface area contributed by atoms with E-state index in [1.807, 2.05) is 0 Å². The lowest BCUT2D eigenvalue weighted by atomic mass is 9.96. The molecular formula is C18H21F2N5O. The number of fused-ring (bicyclic) bond motifs is 1. The van der Waals surface area contributed by atoms with E-state index >= 15 is 0 Å². The van der Waals surface area contributed by atoms with Gasteiger partial charge in [-0.05, 0) is 38.0 Å². The monoisotopic (exact) mass is 361 g/mol. The average Bonchev–Trinajstić information content (AvgIpc) is 3.13. The number of anilines is 1. The molecule has 0 spiro atoms. The molecule has 0 radical (unpaired) electrons. The highest BCUT2D eigenvalue weighted by molar-refractivity contribution is 5.50. The van der Waals surface area contributed by atoms with E-state index in [9.17, 15) is 13.6 Å². The van der Waals surface area contributed by atoms with Gasteiger partial charge in [0.2, 0.25) is 0 Å². The van der Waals surface area contributed by atoms with Crippen LogP contribution in [0.25, 0.3) is 0 Å². The lowest BCUT2D eigenvalue weighted by Gasteiger charge is -2.33. The molecule has 8 heteroatoms. The third-order valence-corrected chi connectivity index (χ3v) is 5.35. The third-order valence-electron chi connectivity index (χ3n) is 5.35. The topological polar surface area (TPSA) is 63.9 Å². The number of aryl methyl sites for hydroxylation is 1. The Labute approximate surface area is 149 Å². The first-order valence-corrected chi connectivity index (χ1v) is 9.04. The van der Waals surface area contributed by atoms with Gasteiger partial charge in [-0.25, -0.2) is 23.7 Å². The zero-order valence-corrected chi connectivity index (χ0v) is 14.4. The van der Waals surface area contributed by atoms with Crippen LogP contribution < -0.4 is 10.5 Å². The highest BCUT2D eigenvalue weighted by Gasteiger charge is 2.25. The van der Waals surface area contributed by atoms with Crippen molar-refractivity contribution in [3.05, 3.63) is 46.0 Å². The molecule has 0 N–H and O–H groups in total. The zero-order chi connectivity index (χ0) is 18.1. The van der Waals surface area contributed by atoms with Gasteiger partial charge >= 0.3 is 0 Å². The van der Waals surface area contributed by atoms with Gasteiger partial charge in [0.05, 0.1) is 6.33 Å². The number of piperidine rings is 1. The molecule has 26 heavy (non-hydrogen) atoms. The summed E-state index contributed by atoms with van der Waals surface area (Å²) < 4.78 is 26.7. The van der Waals surface area contributed by atoms with Gasteiger partial charge in [0.25, 0.3) is 12.0 Å². The molecule has 0 bridgehead atoms. The second-order valence-corrected chi connectivity index (χ2v) is 7.01. The molecular weight excluding hydrogens is 340 g/mol. The van der Waals surface area contributed by atoms with E-state index < -0.39 is 17.7 Å². The van der Waals surface area contributed by atoms with Gasteiger partial charge in [0.1, 0.15) is 17.8 Å². The Hall–Kier alpha value is -2.38. The number of rotatable bonds is 4. The van der Waals surface area contributed by atoms with E-state index in [-0.39, 0.29) is 0 Å². The molecule has 138 valence electrons. The van der Waals surface area contributed by atoms with Crippen LogP contribution >= 0.6 is 0 Å². The van der Waals surface area contributed by atoms with E-state index in [0.717, 1.165) is 57.1 Å². The van der Waals surface area contributed by atoms with Gasteiger partial charge in [-0.2, -0.15) is 0 Å². The highest BCUT2D eigenvalue weighted by Crippen LogP contribution is 2.30. The third kappa shape index (κ3) is 3.32. The van der Waals surface area contributed by atoms with Crippen LogP contribution in [0, 0.1) is 5.92 Å². The van der Waals surface area contributed by atoms with Crippen molar-refractivity contribution in [2.75, 3.05) is 18.0 Å². The molecule has 0 unspecified atom stereocenters. The number of hydrogen-bond acceptors (Lipinski definition) is 5. The average molecular weight is 361 g/mol. The predicted octanol–water partition coefficient (Wildman–Crippen LogP) is 2.38. The molecule has 2 aromatic heterocycles. The van der Waals surface area contributed by atoms with E-state index in [2.05, 4.69) is 19.9 Å². The molecule has 1 aliphatic carbocycles. The van der Waals surface area contributed by atoms with Crippen LogP contribution in [-0.2, 0) is 19.4 Å². The molecule has 1 fully saturated rings. The van der Waals surface area contributed by atoms with E-state index in [1.165, 1.54) is 22.2 Å². The second-order valence-electron chi connectivity index (χ2n) is 7.01. The Bertz CT molecular complexity index is 846. The van der Waals surface area contributed by atoms with Crippen molar-refractivity contribution >= 4 is 5.82 Å². The molecule has 0 amide bonds. The summed E-state index contributed by atoms with van der Waals surface area (Å²) in [5.74, 6) is 1.39. The van der Waals surface area contributed by atoms with Crippen LogP contribution in [0.5, 0.6) is 0 Å². The summed E-state index contributed by atoms with van der Waals surface area (Å²) in [5, 5.41) is 0. The SMILES string of the molecule is O=c1cc(C(F)F)ncn1CC1CCN(c2ncnc3c2CCC3)CC1. The second kappa shape index (κ2) is 7.09. The number of nitrogens with zero attached hydrogens (tertiary/aromatic N) is 5. The molecule has 4 rings (SSSR count). The molecule has 6 nitrogen and oxygen atoms in total. The van der Waals surface area contributed by atoms with Crippen molar-refractivity contribution in [2.24, 2.45) is 5.92 Å². The van der Waals surface area contributed by atoms with E-state index in [4.69, 9.17) is 0 Å². The van der Waals surface area contributed by atoms with Crippen molar-refractivity contribution in [2.45, 2.75) is 45.1 Å².